The van der Waals surface area contributed by atoms with Gasteiger partial charge in [0.05, 0.1) is 0 Å². The van der Waals surface area contributed by atoms with E-state index in [9.17, 15) is 14.4 Å². The maximum atomic E-state index is 12.5. The molecule has 0 radical (unpaired) electrons. The van der Waals surface area contributed by atoms with Crippen molar-refractivity contribution in [2.24, 2.45) is 0 Å². The summed E-state index contributed by atoms with van der Waals surface area (Å²) in [5.41, 5.74) is 1.58. The standard InChI is InChI=1S/C22H23N5O3/c1-2-3-14-27-20(28)13-12-19(26-27)21(29)23-17-10-7-11-18(15-17)25-22(30)24-16-8-5-4-6-9-16/h4-13,15H,2-3,14H2,1H3,(H,23,29)(H2,24,25,30). The van der Waals surface area contributed by atoms with Crippen molar-refractivity contribution < 1.29 is 9.59 Å². The van der Waals surface area contributed by atoms with Gasteiger partial charge in [0.25, 0.3) is 11.5 Å². The number of para-hydroxylation sites is 1. The Bertz CT molecular complexity index is 1080. The van der Waals surface area contributed by atoms with Crippen LogP contribution in [-0.2, 0) is 6.54 Å². The molecule has 3 aromatic rings. The first-order chi connectivity index (χ1) is 14.5. The highest BCUT2D eigenvalue weighted by Gasteiger charge is 2.11. The van der Waals surface area contributed by atoms with E-state index in [1.165, 1.54) is 16.8 Å². The summed E-state index contributed by atoms with van der Waals surface area (Å²) in [4.78, 5) is 36.5. The molecule has 8 heteroatoms. The number of hydrogen-bond acceptors (Lipinski definition) is 4. The van der Waals surface area contributed by atoms with Crippen LogP contribution in [0.5, 0.6) is 0 Å². The van der Waals surface area contributed by atoms with Crippen molar-refractivity contribution in [3.05, 3.63) is 82.8 Å². The lowest BCUT2D eigenvalue weighted by Crippen LogP contribution is -2.26. The fourth-order valence-electron chi connectivity index (χ4n) is 2.72. The van der Waals surface area contributed by atoms with Crippen LogP contribution in [0.15, 0.2) is 71.5 Å². The molecule has 0 bridgehead atoms. The van der Waals surface area contributed by atoms with Gasteiger partial charge in [-0.15, -0.1) is 0 Å². The highest BCUT2D eigenvalue weighted by atomic mass is 16.2. The molecule has 8 nitrogen and oxygen atoms in total. The molecule has 30 heavy (non-hydrogen) atoms. The molecule has 0 spiro atoms. The van der Waals surface area contributed by atoms with Crippen LogP contribution in [-0.4, -0.2) is 21.7 Å². The van der Waals surface area contributed by atoms with E-state index >= 15 is 0 Å². The largest absolute Gasteiger partial charge is 0.323 e. The zero-order valence-corrected chi connectivity index (χ0v) is 16.6. The van der Waals surface area contributed by atoms with Crippen molar-refractivity contribution in [2.75, 3.05) is 16.0 Å². The van der Waals surface area contributed by atoms with E-state index in [1.807, 2.05) is 25.1 Å². The first-order valence-corrected chi connectivity index (χ1v) is 9.68. The molecule has 0 fully saturated rings. The number of carbonyl (C=O) groups excluding carboxylic acids is 2. The van der Waals surface area contributed by atoms with Gasteiger partial charge in [-0.1, -0.05) is 37.6 Å². The first-order valence-electron chi connectivity index (χ1n) is 9.68. The van der Waals surface area contributed by atoms with E-state index in [2.05, 4.69) is 21.0 Å². The quantitative estimate of drug-likeness (QED) is 0.554. The van der Waals surface area contributed by atoms with Crippen LogP contribution >= 0.6 is 0 Å². The van der Waals surface area contributed by atoms with Crippen LogP contribution < -0.4 is 21.5 Å². The summed E-state index contributed by atoms with van der Waals surface area (Å²) in [5, 5.41) is 12.3. The lowest BCUT2D eigenvalue weighted by Gasteiger charge is -2.10. The van der Waals surface area contributed by atoms with Crippen molar-refractivity contribution in [1.29, 1.82) is 0 Å². The molecule has 154 valence electrons. The summed E-state index contributed by atoms with van der Waals surface area (Å²) in [6.45, 7) is 2.48. The third-order valence-corrected chi connectivity index (χ3v) is 4.23. The van der Waals surface area contributed by atoms with Gasteiger partial charge in [-0.05, 0) is 42.8 Å². The Morgan fingerprint density at radius 1 is 0.867 bits per heavy atom. The fraction of sp³-hybridized carbons (Fsp3) is 0.182. The number of nitrogens with one attached hydrogen (secondary N) is 3. The molecule has 3 N–H and O–H groups in total. The predicted octanol–water partition coefficient (Wildman–Crippen LogP) is 3.94. The highest BCUT2D eigenvalue weighted by molar-refractivity contribution is 6.04. The van der Waals surface area contributed by atoms with Crippen LogP contribution in [0.3, 0.4) is 0 Å². The van der Waals surface area contributed by atoms with Crippen molar-refractivity contribution in [2.45, 2.75) is 26.3 Å². The lowest BCUT2D eigenvalue weighted by atomic mass is 10.2. The summed E-state index contributed by atoms with van der Waals surface area (Å²) in [6, 6.07) is 18.2. The Labute approximate surface area is 173 Å². The minimum Gasteiger partial charge on any atom is -0.321 e. The molecule has 0 aliphatic carbocycles. The molecule has 2 aromatic carbocycles. The number of urea groups is 1. The summed E-state index contributed by atoms with van der Waals surface area (Å²) in [7, 11) is 0. The van der Waals surface area contributed by atoms with E-state index in [-0.39, 0.29) is 11.3 Å². The molecule has 3 amide bonds. The van der Waals surface area contributed by atoms with Gasteiger partial charge in [0.2, 0.25) is 0 Å². The number of hydrogen-bond donors (Lipinski definition) is 3. The molecule has 3 rings (SSSR count). The third-order valence-electron chi connectivity index (χ3n) is 4.23. The summed E-state index contributed by atoms with van der Waals surface area (Å²) in [5.74, 6) is -0.439. The zero-order valence-electron chi connectivity index (χ0n) is 16.6. The number of nitrogens with zero attached hydrogens (tertiary/aromatic N) is 2. The molecule has 0 unspecified atom stereocenters. The minimum atomic E-state index is -0.439. The Morgan fingerprint density at radius 3 is 2.27 bits per heavy atom. The molecule has 0 aliphatic heterocycles. The lowest BCUT2D eigenvalue weighted by molar-refractivity contribution is 0.101. The van der Waals surface area contributed by atoms with E-state index in [4.69, 9.17) is 0 Å². The topological polar surface area (TPSA) is 105 Å². The van der Waals surface area contributed by atoms with Crippen LogP contribution in [0, 0.1) is 0 Å². The molecule has 0 saturated heterocycles. The Hall–Kier alpha value is -3.94. The van der Waals surface area contributed by atoms with Gasteiger partial charge in [0, 0.05) is 29.7 Å². The van der Waals surface area contributed by atoms with Crippen molar-refractivity contribution >= 4 is 29.0 Å². The fourth-order valence-corrected chi connectivity index (χ4v) is 2.72. The third kappa shape index (κ3) is 5.78. The number of benzene rings is 2. The van der Waals surface area contributed by atoms with Gasteiger partial charge in [-0.3, -0.25) is 9.59 Å². The van der Waals surface area contributed by atoms with Crippen molar-refractivity contribution in [3.63, 3.8) is 0 Å². The second kappa shape index (κ2) is 10.0. The second-order valence-electron chi connectivity index (χ2n) is 6.61. The monoisotopic (exact) mass is 405 g/mol. The Morgan fingerprint density at radius 2 is 1.53 bits per heavy atom. The average Bonchev–Trinajstić information content (AvgIpc) is 2.74. The number of unbranched alkanes of at least 4 members (excludes halogenated alkanes) is 1. The zero-order chi connectivity index (χ0) is 21.3. The van der Waals surface area contributed by atoms with E-state index in [0.717, 1.165) is 12.8 Å². The van der Waals surface area contributed by atoms with E-state index in [0.29, 0.717) is 23.6 Å². The van der Waals surface area contributed by atoms with Crippen LogP contribution in [0.25, 0.3) is 0 Å². The van der Waals surface area contributed by atoms with Gasteiger partial charge in [0.1, 0.15) is 5.69 Å². The van der Waals surface area contributed by atoms with Crippen LogP contribution in [0.2, 0.25) is 0 Å². The summed E-state index contributed by atoms with van der Waals surface area (Å²) < 4.78 is 1.30. The number of aryl methyl sites for hydroxylation is 1. The Kier molecular flexibility index (Phi) is 6.94. The predicted molar refractivity (Wildman–Crippen MR) is 117 cm³/mol. The maximum absolute atomic E-state index is 12.5. The molecule has 0 saturated carbocycles. The second-order valence-corrected chi connectivity index (χ2v) is 6.61. The average molecular weight is 405 g/mol. The smallest absolute Gasteiger partial charge is 0.321 e. The number of aromatic nitrogens is 2. The van der Waals surface area contributed by atoms with Gasteiger partial charge >= 0.3 is 6.03 Å². The molecule has 1 heterocycles. The van der Waals surface area contributed by atoms with Crippen molar-refractivity contribution in [1.82, 2.24) is 9.78 Å². The van der Waals surface area contributed by atoms with Gasteiger partial charge < -0.3 is 16.0 Å². The minimum absolute atomic E-state index is 0.144. The van der Waals surface area contributed by atoms with Crippen LogP contribution in [0.4, 0.5) is 21.9 Å². The molecular formula is C22H23N5O3. The van der Waals surface area contributed by atoms with Crippen LogP contribution in [0.1, 0.15) is 30.3 Å². The highest BCUT2D eigenvalue weighted by Crippen LogP contribution is 2.16. The first kappa shape index (κ1) is 20.8. The Balaban J connectivity index is 1.65. The maximum Gasteiger partial charge on any atom is 0.323 e. The van der Waals surface area contributed by atoms with E-state index in [1.54, 1.807) is 36.4 Å². The SMILES string of the molecule is CCCCn1nc(C(=O)Nc2cccc(NC(=O)Nc3ccccc3)c2)ccc1=O. The summed E-state index contributed by atoms with van der Waals surface area (Å²) >= 11 is 0. The molecule has 1 aromatic heterocycles. The number of carbonyl (C=O) groups is 2. The van der Waals surface area contributed by atoms with Gasteiger partial charge in [-0.2, -0.15) is 5.10 Å². The van der Waals surface area contributed by atoms with E-state index < -0.39 is 11.9 Å². The summed E-state index contributed by atoms with van der Waals surface area (Å²) in [6.07, 6.45) is 1.72. The number of amides is 3. The van der Waals surface area contributed by atoms with Crippen molar-refractivity contribution in [3.8, 4) is 0 Å². The number of anilines is 3. The normalized spacial score (nSPS) is 10.3. The molecule has 0 aliphatic rings. The molecular weight excluding hydrogens is 382 g/mol. The molecule has 0 atom stereocenters. The van der Waals surface area contributed by atoms with Gasteiger partial charge in [0.15, 0.2) is 0 Å². The van der Waals surface area contributed by atoms with Gasteiger partial charge in [-0.25, -0.2) is 9.48 Å². The number of rotatable bonds is 7.